The first kappa shape index (κ1) is 36.5. The Morgan fingerprint density at radius 2 is 1.60 bits per heavy atom. The van der Waals surface area contributed by atoms with Crippen LogP contribution in [0.15, 0.2) is 102 Å². The molecule has 6 rings (SSSR count). The average molecular weight is 751 g/mol. The molecule has 1 N–H and O–H groups in total. The van der Waals surface area contributed by atoms with E-state index >= 15 is 0 Å². The summed E-state index contributed by atoms with van der Waals surface area (Å²) in [6, 6.07) is 30.8. The molecule has 0 spiro atoms. The summed E-state index contributed by atoms with van der Waals surface area (Å²) in [6.45, 7) is 16.4. The normalized spacial score (nSPS) is 15.3. The van der Waals surface area contributed by atoms with Crippen LogP contribution in [0.2, 0.25) is 5.04 Å². The number of H-pyrrole nitrogens is 1. The first-order valence-electron chi connectivity index (χ1n) is 17.8. The molecule has 7 heteroatoms. The zero-order valence-electron chi connectivity index (χ0n) is 30.9. The Morgan fingerprint density at radius 3 is 2.18 bits per heavy atom. The van der Waals surface area contributed by atoms with Crippen LogP contribution >= 0.6 is 15.9 Å². The molecule has 0 radical (unpaired) electrons. The standard InChI is InChI=1S/C43H52BrN3O2Si/c1-30(48-8)40-37(25-32(28-45-40)31-21-23-47(7)24-22-31)41-38(36-26-33(44)19-20-39(36)46-41)27-43(5,6)29-49-50(42(2,3)4,34-15-11-9-12-16-34)35-17-13-10-14-18-35/h9-21,25-26,28,30,46H,22-24,27,29H2,1-8H3/t30-/m0/s1. The van der Waals surface area contributed by atoms with Gasteiger partial charge in [0.05, 0.1) is 17.5 Å². The Morgan fingerprint density at radius 1 is 0.940 bits per heavy atom. The summed E-state index contributed by atoms with van der Waals surface area (Å²) in [5.41, 5.74) is 7.88. The predicted molar refractivity (Wildman–Crippen MR) is 216 cm³/mol. The number of benzene rings is 3. The number of aromatic amines is 1. The fraction of sp³-hybridized carbons (Fsp3) is 0.372. The number of halogens is 1. The van der Waals surface area contributed by atoms with E-state index < -0.39 is 8.32 Å². The zero-order chi connectivity index (χ0) is 35.7. The molecule has 0 unspecified atom stereocenters. The van der Waals surface area contributed by atoms with Gasteiger partial charge < -0.3 is 19.0 Å². The van der Waals surface area contributed by atoms with Gasteiger partial charge in [-0.1, -0.05) is 117 Å². The van der Waals surface area contributed by atoms with Gasteiger partial charge in [-0.15, -0.1) is 0 Å². The number of fused-ring (bicyclic) bond motifs is 1. The van der Waals surface area contributed by atoms with Crippen molar-refractivity contribution in [2.45, 2.75) is 65.5 Å². The molecule has 1 aliphatic heterocycles. The molecule has 3 heterocycles. The van der Waals surface area contributed by atoms with E-state index in [-0.39, 0.29) is 16.6 Å². The van der Waals surface area contributed by atoms with Crippen molar-refractivity contribution in [3.63, 3.8) is 0 Å². The van der Waals surface area contributed by atoms with Crippen molar-refractivity contribution >= 4 is 51.1 Å². The molecule has 1 atom stereocenters. The number of hydrogen-bond acceptors (Lipinski definition) is 4. The van der Waals surface area contributed by atoms with Gasteiger partial charge in [-0.05, 0) is 88.6 Å². The minimum atomic E-state index is -2.71. The number of nitrogens with one attached hydrogen (secondary N) is 1. The van der Waals surface area contributed by atoms with Crippen LogP contribution < -0.4 is 10.4 Å². The molecule has 1 aliphatic rings. The highest BCUT2D eigenvalue weighted by atomic mass is 79.9. The summed E-state index contributed by atoms with van der Waals surface area (Å²) in [4.78, 5) is 11.3. The lowest BCUT2D eigenvalue weighted by molar-refractivity contribution is 0.116. The number of likely N-dealkylation sites (N-methyl/N-ethyl adjacent to an activating group) is 1. The summed E-state index contributed by atoms with van der Waals surface area (Å²) in [5, 5.41) is 3.72. The summed E-state index contributed by atoms with van der Waals surface area (Å²) < 4.78 is 14.5. The molecule has 0 fully saturated rings. The molecule has 2 aromatic heterocycles. The van der Waals surface area contributed by atoms with Gasteiger partial charge in [-0.2, -0.15) is 0 Å². The lowest BCUT2D eigenvalue weighted by Crippen LogP contribution is -2.67. The first-order valence-corrected chi connectivity index (χ1v) is 20.5. The van der Waals surface area contributed by atoms with Crippen molar-refractivity contribution in [2.24, 2.45) is 5.41 Å². The quantitative estimate of drug-likeness (QED) is 0.137. The molecule has 50 heavy (non-hydrogen) atoms. The second-order valence-corrected chi connectivity index (χ2v) is 21.0. The van der Waals surface area contributed by atoms with Crippen molar-refractivity contribution in [3.05, 3.63) is 118 Å². The van der Waals surface area contributed by atoms with Crippen molar-refractivity contribution < 1.29 is 9.16 Å². The number of hydrogen-bond donors (Lipinski definition) is 1. The smallest absolute Gasteiger partial charge is 0.261 e. The van der Waals surface area contributed by atoms with E-state index in [1.807, 2.05) is 6.20 Å². The van der Waals surface area contributed by atoms with Crippen LogP contribution in [0.4, 0.5) is 0 Å². The Hall–Kier alpha value is -3.33. The Bertz CT molecular complexity index is 1920. The van der Waals surface area contributed by atoms with Gasteiger partial charge in [0, 0.05) is 53.9 Å². The molecule has 0 bridgehead atoms. The van der Waals surface area contributed by atoms with E-state index in [4.69, 9.17) is 14.1 Å². The highest BCUT2D eigenvalue weighted by molar-refractivity contribution is 9.10. The molecule has 3 aromatic carbocycles. The van der Waals surface area contributed by atoms with Gasteiger partial charge >= 0.3 is 0 Å². The maximum Gasteiger partial charge on any atom is 0.261 e. The van der Waals surface area contributed by atoms with Crippen molar-refractivity contribution in [2.75, 3.05) is 33.9 Å². The average Bonchev–Trinajstić information content (AvgIpc) is 3.44. The van der Waals surface area contributed by atoms with Gasteiger partial charge in [-0.3, -0.25) is 4.98 Å². The zero-order valence-corrected chi connectivity index (χ0v) is 33.5. The molecular formula is C43H52BrN3O2Si. The minimum absolute atomic E-state index is 0.0947. The maximum absolute atomic E-state index is 7.52. The van der Waals surface area contributed by atoms with E-state index in [0.717, 1.165) is 52.9 Å². The second kappa shape index (κ2) is 14.7. The molecule has 5 aromatic rings. The predicted octanol–water partition coefficient (Wildman–Crippen LogP) is 9.56. The fourth-order valence-corrected chi connectivity index (χ4v) is 12.7. The summed E-state index contributed by atoms with van der Waals surface area (Å²) in [6.07, 6.45) is 6.04. The molecule has 0 aliphatic carbocycles. The lowest BCUT2D eigenvalue weighted by atomic mass is 9.84. The Balaban J connectivity index is 1.45. The molecule has 262 valence electrons. The third-order valence-corrected chi connectivity index (χ3v) is 15.8. The summed E-state index contributed by atoms with van der Waals surface area (Å²) in [5.74, 6) is 0. The van der Waals surface area contributed by atoms with Crippen LogP contribution in [0.5, 0.6) is 0 Å². The largest absolute Gasteiger partial charge is 0.407 e. The SMILES string of the molecule is CO[C@@H](C)c1ncc(C2=CCN(C)CC2)cc1-c1[nH]c2ccc(Br)cc2c1CC(C)(C)CO[Si](c1ccccc1)(c1ccccc1)C(C)(C)C. The van der Waals surface area contributed by atoms with Crippen molar-refractivity contribution in [1.82, 2.24) is 14.9 Å². The lowest BCUT2D eigenvalue weighted by Gasteiger charge is -2.44. The third kappa shape index (κ3) is 7.35. The van der Waals surface area contributed by atoms with E-state index in [1.54, 1.807) is 7.11 Å². The van der Waals surface area contributed by atoms with Crippen LogP contribution in [0.25, 0.3) is 27.7 Å². The third-order valence-electron chi connectivity index (χ3n) is 10.3. The van der Waals surface area contributed by atoms with Crippen molar-refractivity contribution in [1.29, 1.82) is 0 Å². The number of nitrogens with zero attached hydrogens (tertiary/aromatic N) is 2. The monoisotopic (exact) mass is 749 g/mol. The highest BCUT2D eigenvalue weighted by Gasteiger charge is 2.50. The first-order chi connectivity index (χ1) is 23.8. The van der Waals surface area contributed by atoms with E-state index in [9.17, 15) is 0 Å². The number of aromatic nitrogens is 2. The number of ether oxygens (including phenoxy) is 1. The van der Waals surface area contributed by atoms with Gasteiger partial charge in [0.1, 0.15) is 0 Å². The maximum atomic E-state index is 7.52. The van der Waals surface area contributed by atoms with Crippen LogP contribution in [0.3, 0.4) is 0 Å². The fourth-order valence-electron chi connectivity index (χ4n) is 7.55. The van der Waals surface area contributed by atoms with E-state index in [2.05, 4.69) is 165 Å². The van der Waals surface area contributed by atoms with Crippen LogP contribution in [-0.2, 0) is 15.6 Å². The Kier molecular flexibility index (Phi) is 10.7. The molecule has 0 saturated heterocycles. The Labute approximate surface area is 308 Å². The molecule has 0 saturated carbocycles. The van der Waals surface area contributed by atoms with Gasteiger partial charge in [0.2, 0.25) is 0 Å². The number of pyridine rings is 1. The topological polar surface area (TPSA) is 50.4 Å². The summed E-state index contributed by atoms with van der Waals surface area (Å²) >= 11 is 3.78. The number of rotatable bonds is 11. The molecular weight excluding hydrogens is 698 g/mol. The summed E-state index contributed by atoms with van der Waals surface area (Å²) in [7, 11) is 1.22. The number of methoxy groups -OCH3 is 1. The van der Waals surface area contributed by atoms with Crippen LogP contribution in [-0.4, -0.2) is 57.0 Å². The van der Waals surface area contributed by atoms with E-state index in [1.165, 1.54) is 32.5 Å². The molecule has 5 nitrogen and oxygen atoms in total. The van der Waals surface area contributed by atoms with Crippen molar-refractivity contribution in [3.8, 4) is 11.3 Å². The van der Waals surface area contributed by atoms with Crippen LogP contribution in [0, 0.1) is 5.41 Å². The minimum Gasteiger partial charge on any atom is -0.407 e. The van der Waals surface area contributed by atoms with Gasteiger partial charge in [0.25, 0.3) is 8.32 Å². The highest BCUT2D eigenvalue weighted by Crippen LogP contribution is 2.42. The molecule has 0 amide bonds. The van der Waals surface area contributed by atoms with Gasteiger partial charge in [-0.25, -0.2) is 0 Å². The van der Waals surface area contributed by atoms with E-state index in [0.29, 0.717) is 6.61 Å². The van der Waals surface area contributed by atoms with Crippen LogP contribution in [0.1, 0.15) is 70.9 Å². The second-order valence-electron chi connectivity index (χ2n) is 15.7. The van der Waals surface area contributed by atoms with Gasteiger partial charge in [0.15, 0.2) is 0 Å².